The van der Waals surface area contributed by atoms with Gasteiger partial charge in [-0.1, -0.05) is 39.5 Å². The van der Waals surface area contributed by atoms with Crippen LogP contribution < -0.4 is 0 Å². The predicted octanol–water partition coefficient (Wildman–Crippen LogP) is 3.55. The molecule has 0 radical (unpaired) electrons. The highest BCUT2D eigenvalue weighted by Crippen LogP contribution is 2.30. The Morgan fingerprint density at radius 2 is 1.56 bits per heavy atom. The fraction of sp³-hybridized carbons (Fsp3) is 0.857. The standard InChI is InChI=1S/C14H26O4/c1-3-5-7-12(10-14(17)18)11(6-4-2)8-9-13(15)16/h11-12H,3-10H2,1-2H3,(H,15,16)(H,17,18). The van der Waals surface area contributed by atoms with E-state index in [0.29, 0.717) is 6.42 Å². The van der Waals surface area contributed by atoms with Crippen LogP contribution in [-0.2, 0) is 9.59 Å². The number of carboxylic acids is 2. The highest BCUT2D eigenvalue weighted by molar-refractivity contribution is 5.67. The van der Waals surface area contributed by atoms with E-state index in [4.69, 9.17) is 10.2 Å². The van der Waals surface area contributed by atoms with Crippen LogP contribution in [0.5, 0.6) is 0 Å². The van der Waals surface area contributed by atoms with Crippen LogP contribution in [0.25, 0.3) is 0 Å². The zero-order chi connectivity index (χ0) is 14.0. The minimum absolute atomic E-state index is 0.127. The molecule has 2 N–H and O–H groups in total. The molecule has 0 aromatic rings. The molecule has 0 saturated heterocycles. The zero-order valence-electron chi connectivity index (χ0n) is 11.5. The summed E-state index contributed by atoms with van der Waals surface area (Å²) < 4.78 is 0. The Kier molecular flexibility index (Phi) is 9.33. The highest BCUT2D eigenvalue weighted by Gasteiger charge is 2.23. The first-order chi connectivity index (χ1) is 8.51. The Labute approximate surface area is 109 Å². The van der Waals surface area contributed by atoms with E-state index in [-0.39, 0.29) is 24.7 Å². The third-order valence-electron chi connectivity index (χ3n) is 3.42. The van der Waals surface area contributed by atoms with Crippen LogP contribution in [0.4, 0.5) is 0 Å². The van der Waals surface area contributed by atoms with E-state index < -0.39 is 11.9 Å². The van der Waals surface area contributed by atoms with Gasteiger partial charge in [-0.25, -0.2) is 0 Å². The third kappa shape index (κ3) is 8.09. The maximum atomic E-state index is 10.9. The maximum absolute atomic E-state index is 10.9. The van der Waals surface area contributed by atoms with Crippen LogP contribution >= 0.6 is 0 Å². The molecule has 4 heteroatoms. The van der Waals surface area contributed by atoms with Gasteiger partial charge in [-0.2, -0.15) is 0 Å². The lowest BCUT2D eigenvalue weighted by Crippen LogP contribution is -2.20. The summed E-state index contributed by atoms with van der Waals surface area (Å²) in [5.74, 6) is -1.20. The lowest BCUT2D eigenvalue weighted by Gasteiger charge is -2.25. The predicted molar refractivity (Wildman–Crippen MR) is 70.5 cm³/mol. The molecule has 18 heavy (non-hydrogen) atoms. The van der Waals surface area contributed by atoms with Crippen molar-refractivity contribution in [2.75, 3.05) is 0 Å². The number of hydrogen-bond donors (Lipinski definition) is 2. The topological polar surface area (TPSA) is 74.6 Å². The van der Waals surface area contributed by atoms with Crippen molar-refractivity contribution < 1.29 is 19.8 Å². The van der Waals surface area contributed by atoms with Crippen molar-refractivity contribution >= 4 is 11.9 Å². The van der Waals surface area contributed by atoms with Crippen LogP contribution in [0, 0.1) is 11.8 Å². The summed E-state index contributed by atoms with van der Waals surface area (Å²) >= 11 is 0. The van der Waals surface area contributed by atoms with Crippen LogP contribution in [0.15, 0.2) is 0 Å². The summed E-state index contributed by atoms with van der Waals surface area (Å²) in [4.78, 5) is 21.6. The van der Waals surface area contributed by atoms with Gasteiger partial charge in [-0.3, -0.25) is 9.59 Å². The second-order valence-corrected chi connectivity index (χ2v) is 4.98. The molecule has 0 saturated carbocycles. The van der Waals surface area contributed by atoms with Crippen molar-refractivity contribution in [3.05, 3.63) is 0 Å². The van der Waals surface area contributed by atoms with Gasteiger partial charge in [0.1, 0.15) is 0 Å². The second kappa shape index (κ2) is 9.92. The Hall–Kier alpha value is -1.06. The van der Waals surface area contributed by atoms with E-state index in [1.807, 2.05) is 0 Å². The molecule has 0 aromatic heterocycles. The summed E-state index contributed by atoms with van der Waals surface area (Å²) in [6.07, 6.45) is 5.79. The summed E-state index contributed by atoms with van der Waals surface area (Å²) in [6.45, 7) is 4.15. The van der Waals surface area contributed by atoms with E-state index in [0.717, 1.165) is 32.1 Å². The molecule has 0 aliphatic rings. The van der Waals surface area contributed by atoms with Gasteiger partial charge < -0.3 is 10.2 Å². The molecule has 2 unspecified atom stereocenters. The van der Waals surface area contributed by atoms with Crippen LogP contribution in [0.1, 0.15) is 65.2 Å². The van der Waals surface area contributed by atoms with Crippen LogP contribution in [0.3, 0.4) is 0 Å². The van der Waals surface area contributed by atoms with Gasteiger partial charge in [-0.15, -0.1) is 0 Å². The van der Waals surface area contributed by atoms with E-state index in [1.165, 1.54) is 0 Å². The minimum atomic E-state index is -0.791. The molecule has 0 aliphatic heterocycles. The molecule has 0 spiro atoms. The molecule has 0 aliphatic carbocycles. The van der Waals surface area contributed by atoms with Crippen molar-refractivity contribution in [3.8, 4) is 0 Å². The molecule has 106 valence electrons. The third-order valence-corrected chi connectivity index (χ3v) is 3.42. The Morgan fingerprint density at radius 1 is 0.889 bits per heavy atom. The lowest BCUT2D eigenvalue weighted by molar-refractivity contribution is -0.138. The Balaban J connectivity index is 4.49. The average molecular weight is 258 g/mol. The molecule has 4 nitrogen and oxygen atoms in total. The van der Waals surface area contributed by atoms with Crippen LogP contribution in [-0.4, -0.2) is 22.2 Å². The molecule has 0 fully saturated rings. The normalized spacial score (nSPS) is 14.1. The van der Waals surface area contributed by atoms with E-state index in [1.54, 1.807) is 0 Å². The number of rotatable bonds is 11. The fourth-order valence-electron chi connectivity index (χ4n) is 2.49. The second-order valence-electron chi connectivity index (χ2n) is 4.98. The molecule has 0 heterocycles. The SMILES string of the molecule is CCCCC(CC(=O)O)C(CCC)CCC(=O)O. The largest absolute Gasteiger partial charge is 0.481 e. The Bertz CT molecular complexity index is 250. The first-order valence-corrected chi connectivity index (χ1v) is 6.94. The molecule has 0 amide bonds. The zero-order valence-corrected chi connectivity index (χ0v) is 11.5. The van der Waals surface area contributed by atoms with Gasteiger partial charge in [0.15, 0.2) is 0 Å². The fourth-order valence-corrected chi connectivity index (χ4v) is 2.49. The van der Waals surface area contributed by atoms with E-state index in [9.17, 15) is 9.59 Å². The van der Waals surface area contributed by atoms with Crippen molar-refractivity contribution in [1.29, 1.82) is 0 Å². The summed E-state index contributed by atoms with van der Waals surface area (Å²) in [7, 11) is 0. The smallest absolute Gasteiger partial charge is 0.303 e. The summed E-state index contributed by atoms with van der Waals surface area (Å²) in [6, 6.07) is 0. The number of hydrogen-bond acceptors (Lipinski definition) is 2. The minimum Gasteiger partial charge on any atom is -0.481 e. The number of unbranched alkanes of at least 4 members (excludes halogenated alkanes) is 1. The molecular weight excluding hydrogens is 232 g/mol. The number of aliphatic carboxylic acids is 2. The summed E-state index contributed by atoms with van der Waals surface area (Å²) in [5, 5.41) is 17.7. The van der Waals surface area contributed by atoms with Crippen molar-refractivity contribution in [2.45, 2.75) is 65.2 Å². The van der Waals surface area contributed by atoms with Gasteiger partial charge in [0.05, 0.1) is 0 Å². The highest BCUT2D eigenvalue weighted by atomic mass is 16.4. The van der Waals surface area contributed by atoms with Gasteiger partial charge in [0, 0.05) is 12.8 Å². The number of carbonyl (C=O) groups is 2. The molecule has 0 bridgehead atoms. The van der Waals surface area contributed by atoms with Crippen molar-refractivity contribution in [2.24, 2.45) is 11.8 Å². The summed E-state index contributed by atoms with van der Waals surface area (Å²) in [5.41, 5.74) is 0. The van der Waals surface area contributed by atoms with Crippen LogP contribution in [0.2, 0.25) is 0 Å². The Morgan fingerprint density at radius 3 is 2.00 bits per heavy atom. The average Bonchev–Trinajstić information content (AvgIpc) is 2.29. The molecular formula is C14H26O4. The first-order valence-electron chi connectivity index (χ1n) is 6.94. The van der Waals surface area contributed by atoms with Gasteiger partial charge >= 0.3 is 11.9 Å². The molecule has 0 rings (SSSR count). The maximum Gasteiger partial charge on any atom is 0.303 e. The molecule has 0 aromatic carbocycles. The first kappa shape index (κ1) is 16.9. The van der Waals surface area contributed by atoms with Crippen molar-refractivity contribution in [3.63, 3.8) is 0 Å². The monoisotopic (exact) mass is 258 g/mol. The quantitative estimate of drug-likeness (QED) is 0.594. The van der Waals surface area contributed by atoms with Gasteiger partial charge in [0.2, 0.25) is 0 Å². The lowest BCUT2D eigenvalue weighted by atomic mass is 9.80. The van der Waals surface area contributed by atoms with E-state index >= 15 is 0 Å². The van der Waals surface area contributed by atoms with Gasteiger partial charge in [-0.05, 0) is 24.7 Å². The number of carboxylic acid groups (broad SMARTS) is 2. The van der Waals surface area contributed by atoms with E-state index in [2.05, 4.69) is 13.8 Å². The van der Waals surface area contributed by atoms with Gasteiger partial charge in [0.25, 0.3) is 0 Å². The van der Waals surface area contributed by atoms with Crippen molar-refractivity contribution in [1.82, 2.24) is 0 Å². The molecule has 2 atom stereocenters.